The van der Waals surface area contributed by atoms with E-state index in [0.29, 0.717) is 16.1 Å². The summed E-state index contributed by atoms with van der Waals surface area (Å²) in [7, 11) is -3.91. The topological polar surface area (TPSA) is 156 Å². The molecule has 4 aromatic carbocycles. The monoisotopic (exact) mass is 640 g/mol. The second kappa shape index (κ2) is 13.3. The third-order valence-corrected chi connectivity index (χ3v) is 8.93. The SMILES string of the molecule is Cc1cccc(/C=C(\NC(=O)c2ccccc2)C(=O)Nc2ccc(SC3CC(=O)N(c4ccc(S(N)(=O)=O)cc4)C3=O)cc2)c1. The van der Waals surface area contributed by atoms with Gasteiger partial charge in [0.25, 0.3) is 11.8 Å². The smallest absolute Gasteiger partial charge is 0.272 e. The van der Waals surface area contributed by atoms with Crippen LogP contribution in [0.15, 0.2) is 119 Å². The van der Waals surface area contributed by atoms with Crippen LogP contribution in [-0.4, -0.2) is 37.3 Å². The largest absolute Gasteiger partial charge is 0.321 e. The number of sulfonamides is 1. The third-order valence-electron chi connectivity index (χ3n) is 6.80. The van der Waals surface area contributed by atoms with Crippen molar-refractivity contribution in [3.63, 3.8) is 0 Å². The van der Waals surface area contributed by atoms with E-state index in [1.54, 1.807) is 60.7 Å². The van der Waals surface area contributed by atoms with Crippen molar-refractivity contribution in [2.24, 2.45) is 5.14 Å². The number of hydrogen-bond acceptors (Lipinski definition) is 7. The van der Waals surface area contributed by atoms with Gasteiger partial charge < -0.3 is 10.6 Å². The number of nitrogens with zero attached hydrogens (tertiary/aromatic N) is 1. The van der Waals surface area contributed by atoms with E-state index >= 15 is 0 Å². The first-order chi connectivity index (χ1) is 21.5. The van der Waals surface area contributed by atoms with Crippen LogP contribution in [0.4, 0.5) is 11.4 Å². The lowest BCUT2D eigenvalue weighted by molar-refractivity contribution is -0.121. The second-order valence-electron chi connectivity index (χ2n) is 10.2. The average molecular weight is 641 g/mol. The van der Waals surface area contributed by atoms with E-state index < -0.39 is 38.9 Å². The highest BCUT2D eigenvalue weighted by Gasteiger charge is 2.40. The van der Waals surface area contributed by atoms with E-state index in [4.69, 9.17) is 5.14 Å². The van der Waals surface area contributed by atoms with Crippen molar-refractivity contribution in [2.45, 2.75) is 28.4 Å². The molecular formula is C33H28N4O6S2. The zero-order valence-corrected chi connectivity index (χ0v) is 25.6. The number of benzene rings is 4. The maximum Gasteiger partial charge on any atom is 0.272 e. The Morgan fingerprint density at radius 1 is 0.911 bits per heavy atom. The first-order valence-electron chi connectivity index (χ1n) is 13.7. The van der Waals surface area contributed by atoms with Crippen LogP contribution in [0.3, 0.4) is 0 Å². The molecule has 1 aliphatic rings. The van der Waals surface area contributed by atoms with Crippen molar-refractivity contribution >= 4 is 62.9 Å². The fourth-order valence-corrected chi connectivity index (χ4v) is 6.17. The Kier molecular flexibility index (Phi) is 9.28. The molecule has 0 aromatic heterocycles. The highest BCUT2D eigenvalue weighted by atomic mass is 32.2. The standard InChI is InChI=1S/C33H28N4O6S2/c1-21-6-5-7-22(18-21)19-28(36-31(39)23-8-3-2-4-9-23)32(40)35-24-10-14-26(15-11-24)44-29-20-30(38)37(33(29)41)25-12-16-27(17-13-25)45(34,42)43/h2-19,29H,20H2,1H3,(H,35,40)(H,36,39)(H2,34,42,43)/b28-19-. The number of hydrogen-bond donors (Lipinski definition) is 3. The maximum absolute atomic E-state index is 13.3. The molecule has 45 heavy (non-hydrogen) atoms. The molecule has 1 atom stereocenters. The van der Waals surface area contributed by atoms with E-state index in [0.717, 1.165) is 16.0 Å². The molecule has 0 spiro atoms. The van der Waals surface area contributed by atoms with Gasteiger partial charge in [-0.25, -0.2) is 18.5 Å². The number of nitrogens with one attached hydrogen (secondary N) is 2. The number of imide groups is 1. The summed E-state index contributed by atoms with van der Waals surface area (Å²) < 4.78 is 23.1. The van der Waals surface area contributed by atoms with Crippen LogP contribution in [0.1, 0.15) is 27.9 Å². The van der Waals surface area contributed by atoms with Gasteiger partial charge in [-0.2, -0.15) is 0 Å². The van der Waals surface area contributed by atoms with Crippen molar-refractivity contribution in [1.29, 1.82) is 0 Å². The molecule has 4 aromatic rings. The van der Waals surface area contributed by atoms with Crippen LogP contribution in [0.25, 0.3) is 6.08 Å². The molecule has 0 radical (unpaired) electrons. The van der Waals surface area contributed by atoms with Gasteiger partial charge >= 0.3 is 0 Å². The summed E-state index contributed by atoms with van der Waals surface area (Å²) in [5, 5.41) is 9.96. The van der Waals surface area contributed by atoms with Gasteiger partial charge in [-0.3, -0.25) is 19.2 Å². The number of carbonyl (C=O) groups excluding carboxylic acids is 4. The summed E-state index contributed by atoms with van der Waals surface area (Å²) in [6.45, 7) is 1.93. The molecule has 1 unspecified atom stereocenters. The number of anilines is 2. The molecule has 1 saturated heterocycles. The zero-order valence-electron chi connectivity index (χ0n) is 24.0. The predicted octanol–water partition coefficient (Wildman–Crippen LogP) is 4.48. The van der Waals surface area contributed by atoms with Gasteiger partial charge in [-0.1, -0.05) is 48.0 Å². The lowest BCUT2D eigenvalue weighted by Gasteiger charge is -2.15. The third kappa shape index (κ3) is 7.73. The summed E-state index contributed by atoms with van der Waals surface area (Å²) in [4.78, 5) is 53.6. The summed E-state index contributed by atoms with van der Waals surface area (Å²) >= 11 is 1.20. The Bertz CT molecular complexity index is 1910. The van der Waals surface area contributed by atoms with Gasteiger partial charge in [0.2, 0.25) is 21.8 Å². The number of rotatable bonds is 9. The minimum atomic E-state index is -3.91. The van der Waals surface area contributed by atoms with E-state index in [2.05, 4.69) is 10.6 Å². The van der Waals surface area contributed by atoms with Crippen molar-refractivity contribution in [1.82, 2.24) is 5.32 Å². The van der Waals surface area contributed by atoms with E-state index in [-0.39, 0.29) is 22.7 Å². The molecule has 12 heteroatoms. The average Bonchev–Trinajstić information content (AvgIpc) is 3.29. The van der Waals surface area contributed by atoms with Crippen LogP contribution < -0.4 is 20.7 Å². The molecule has 10 nitrogen and oxygen atoms in total. The molecule has 1 aliphatic heterocycles. The summed E-state index contributed by atoms with van der Waals surface area (Å²) in [6, 6.07) is 28.1. The van der Waals surface area contributed by atoms with Crippen LogP contribution in [0, 0.1) is 6.92 Å². The Balaban J connectivity index is 1.27. The molecule has 228 valence electrons. The second-order valence-corrected chi connectivity index (χ2v) is 13.0. The molecule has 0 aliphatic carbocycles. The Morgan fingerprint density at radius 2 is 1.60 bits per heavy atom. The van der Waals surface area contributed by atoms with Gasteiger partial charge in [-0.05, 0) is 79.2 Å². The van der Waals surface area contributed by atoms with Crippen molar-refractivity contribution < 1.29 is 27.6 Å². The van der Waals surface area contributed by atoms with Crippen LogP contribution in [-0.2, 0) is 24.4 Å². The van der Waals surface area contributed by atoms with Gasteiger partial charge in [-0.15, -0.1) is 11.8 Å². The minimum Gasteiger partial charge on any atom is -0.321 e. The first kappa shape index (κ1) is 31.4. The maximum atomic E-state index is 13.3. The number of carbonyl (C=O) groups is 4. The first-order valence-corrected chi connectivity index (χ1v) is 16.1. The van der Waals surface area contributed by atoms with Gasteiger partial charge in [0.05, 0.1) is 15.8 Å². The van der Waals surface area contributed by atoms with Crippen molar-refractivity contribution in [2.75, 3.05) is 10.2 Å². The van der Waals surface area contributed by atoms with E-state index in [9.17, 15) is 27.6 Å². The highest BCUT2D eigenvalue weighted by molar-refractivity contribution is 8.00. The van der Waals surface area contributed by atoms with E-state index in [1.807, 2.05) is 31.2 Å². The van der Waals surface area contributed by atoms with Gasteiger partial charge in [0.15, 0.2) is 0 Å². The predicted molar refractivity (Wildman–Crippen MR) is 173 cm³/mol. The summed E-state index contributed by atoms with van der Waals surface area (Å²) in [5.74, 6) is -1.79. The van der Waals surface area contributed by atoms with Crippen LogP contribution in [0.2, 0.25) is 0 Å². The van der Waals surface area contributed by atoms with Crippen molar-refractivity contribution in [3.8, 4) is 0 Å². The fraction of sp³-hybridized carbons (Fsp3) is 0.0909. The molecule has 0 bridgehead atoms. The van der Waals surface area contributed by atoms with Crippen LogP contribution in [0.5, 0.6) is 0 Å². The zero-order chi connectivity index (χ0) is 32.1. The summed E-state index contributed by atoms with van der Waals surface area (Å²) in [6.07, 6.45) is 1.57. The fourth-order valence-electron chi connectivity index (χ4n) is 4.60. The Morgan fingerprint density at radius 3 is 2.24 bits per heavy atom. The molecule has 4 N–H and O–H groups in total. The molecule has 5 rings (SSSR count). The van der Waals surface area contributed by atoms with Gasteiger partial charge in [0, 0.05) is 22.6 Å². The number of primary sulfonamides is 1. The lowest BCUT2D eigenvalue weighted by Crippen LogP contribution is -2.31. The molecule has 1 heterocycles. The summed E-state index contributed by atoms with van der Waals surface area (Å²) in [5.41, 5.74) is 2.91. The van der Waals surface area contributed by atoms with Crippen molar-refractivity contribution in [3.05, 3.63) is 126 Å². The quantitative estimate of drug-likeness (QED) is 0.180. The van der Waals surface area contributed by atoms with Gasteiger partial charge in [0.1, 0.15) is 5.70 Å². The molecule has 0 saturated carbocycles. The van der Waals surface area contributed by atoms with E-state index in [1.165, 1.54) is 36.0 Å². The highest BCUT2D eigenvalue weighted by Crippen LogP contribution is 2.34. The number of nitrogens with two attached hydrogens (primary N) is 1. The molecule has 4 amide bonds. The lowest BCUT2D eigenvalue weighted by atomic mass is 10.1. The Hall–Kier alpha value is -5.04. The molecule has 1 fully saturated rings. The van der Waals surface area contributed by atoms with Crippen LogP contribution >= 0.6 is 11.8 Å². The normalized spacial score (nSPS) is 15.2. The molecular weight excluding hydrogens is 613 g/mol. The number of thioether (sulfide) groups is 1. The number of aryl methyl sites for hydroxylation is 1. The minimum absolute atomic E-state index is 0.0346. The number of amides is 4. The Labute approximate surface area is 264 Å².